The van der Waals surface area contributed by atoms with Gasteiger partial charge in [0.2, 0.25) is 0 Å². The molecule has 0 saturated carbocycles. The number of aromatic nitrogens is 1. The molecule has 0 aliphatic rings. The predicted octanol–water partition coefficient (Wildman–Crippen LogP) is 1.89. The van der Waals surface area contributed by atoms with Crippen LogP contribution in [0.15, 0.2) is 116 Å². The number of pyridine rings is 1. The van der Waals surface area contributed by atoms with E-state index in [1.165, 1.54) is 14.3 Å². The van der Waals surface area contributed by atoms with Crippen LogP contribution >= 0.6 is 0 Å². The van der Waals surface area contributed by atoms with Crippen molar-refractivity contribution in [2.24, 2.45) is 7.05 Å². The molecule has 0 saturated heterocycles. The third kappa shape index (κ3) is 2.97. The van der Waals surface area contributed by atoms with Gasteiger partial charge in [-0.1, -0.05) is 0 Å². The number of benzene rings is 3. The van der Waals surface area contributed by atoms with Crippen molar-refractivity contribution in [3.8, 4) is 0 Å². The summed E-state index contributed by atoms with van der Waals surface area (Å²) in [6.07, 6.45) is 4.43. The van der Waals surface area contributed by atoms with Crippen LogP contribution in [0, 0.1) is 0 Å². The van der Waals surface area contributed by atoms with Gasteiger partial charge in [-0.05, 0) is 0 Å². The Bertz CT molecular complexity index is 885. The molecule has 26 heavy (non-hydrogen) atoms. The first-order valence-electron chi connectivity index (χ1n) is 8.94. The maximum atomic E-state index is 2.32. The molecule has 1 nitrogen and oxygen atoms in total. The maximum absolute atomic E-state index is 3.37. The summed E-state index contributed by atoms with van der Waals surface area (Å²) in [5.74, 6) is 0. The molecule has 0 fully saturated rings. The van der Waals surface area contributed by atoms with E-state index in [1.807, 2.05) is 0 Å². The second-order valence-corrected chi connectivity index (χ2v) is 17.5. The number of hydrogen-bond acceptors (Lipinski definition) is 0. The van der Waals surface area contributed by atoms with Crippen LogP contribution in [0.1, 0.15) is 0 Å². The van der Waals surface area contributed by atoms with E-state index in [9.17, 15) is 0 Å². The molecule has 0 aliphatic carbocycles. The average molecular weight is 443 g/mol. The molecule has 4 rings (SSSR count). The second-order valence-electron chi connectivity index (χ2n) is 6.61. The SMILES string of the molecule is C[n+]1ccc[c]([Sn]([c]2ccccc2)([c]2ccccc2)[c]2ccccc2)c1. The predicted molar refractivity (Wildman–Crippen MR) is 111 cm³/mol. The van der Waals surface area contributed by atoms with E-state index in [4.69, 9.17) is 0 Å². The molecule has 0 N–H and O–H groups in total. The third-order valence-corrected chi connectivity index (χ3v) is 18.6. The van der Waals surface area contributed by atoms with Crippen LogP contribution in [0.5, 0.6) is 0 Å². The molecule has 1 aromatic heterocycles. The molecule has 0 bridgehead atoms. The van der Waals surface area contributed by atoms with Crippen molar-refractivity contribution in [2.45, 2.75) is 0 Å². The molecular weight excluding hydrogens is 421 g/mol. The molecule has 1 heterocycles. The van der Waals surface area contributed by atoms with E-state index >= 15 is 0 Å². The Morgan fingerprint density at radius 3 is 1.27 bits per heavy atom. The van der Waals surface area contributed by atoms with Crippen molar-refractivity contribution in [3.05, 3.63) is 116 Å². The fourth-order valence-corrected chi connectivity index (χ4v) is 17.6. The second kappa shape index (κ2) is 7.46. The normalized spacial score (nSPS) is 11.3. The third-order valence-electron chi connectivity index (χ3n) is 4.99. The van der Waals surface area contributed by atoms with E-state index < -0.39 is 18.4 Å². The number of rotatable bonds is 4. The van der Waals surface area contributed by atoms with Gasteiger partial charge in [-0.15, -0.1) is 0 Å². The Hall–Kier alpha value is -2.39. The van der Waals surface area contributed by atoms with Gasteiger partial charge < -0.3 is 0 Å². The number of nitrogens with zero attached hydrogens (tertiary/aromatic N) is 1. The monoisotopic (exact) mass is 444 g/mol. The van der Waals surface area contributed by atoms with Crippen LogP contribution in [0.25, 0.3) is 0 Å². The molecule has 0 aliphatic heterocycles. The van der Waals surface area contributed by atoms with E-state index in [1.54, 1.807) is 0 Å². The quantitative estimate of drug-likeness (QED) is 0.335. The molecule has 0 amide bonds. The Kier molecular flexibility index (Phi) is 4.89. The average Bonchev–Trinajstić information content (AvgIpc) is 2.71. The van der Waals surface area contributed by atoms with Crippen molar-refractivity contribution in [3.63, 3.8) is 0 Å². The van der Waals surface area contributed by atoms with Crippen molar-refractivity contribution in [1.82, 2.24) is 0 Å². The van der Waals surface area contributed by atoms with Gasteiger partial charge in [0.05, 0.1) is 0 Å². The van der Waals surface area contributed by atoms with Crippen molar-refractivity contribution in [2.75, 3.05) is 0 Å². The summed E-state index contributed by atoms with van der Waals surface area (Å²) in [5.41, 5.74) is 0. The first-order chi connectivity index (χ1) is 12.8. The number of hydrogen-bond donors (Lipinski definition) is 0. The van der Waals surface area contributed by atoms with Crippen LogP contribution in [0.4, 0.5) is 0 Å². The standard InChI is InChI=1S/C6H7N.3C6H5.Sn/c1-7-5-3-2-4-6-7;3*1-2-4-6-5-3-1;/h2-3,5-6H,1H3;3*1-5H;/q+1;;;;. The minimum atomic E-state index is -3.37. The van der Waals surface area contributed by atoms with Gasteiger partial charge in [0.15, 0.2) is 0 Å². The van der Waals surface area contributed by atoms with Gasteiger partial charge in [-0.25, -0.2) is 0 Å². The van der Waals surface area contributed by atoms with Crippen LogP contribution in [0.2, 0.25) is 0 Å². The number of aryl methyl sites for hydroxylation is 1. The topological polar surface area (TPSA) is 3.88 Å². The van der Waals surface area contributed by atoms with E-state index in [-0.39, 0.29) is 0 Å². The molecule has 0 atom stereocenters. The molecule has 3 aromatic carbocycles. The Balaban J connectivity index is 2.14. The Morgan fingerprint density at radius 2 is 0.885 bits per heavy atom. The molecule has 4 aromatic rings. The Morgan fingerprint density at radius 1 is 0.500 bits per heavy atom. The summed E-state index contributed by atoms with van der Waals surface area (Å²) in [4.78, 5) is 0. The van der Waals surface area contributed by atoms with Crippen LogP contribution in [-0.2, 0) is 7.05 Å². The van der Waals surface area contributed by atoms with Crippen LogP contribution in [0.3, 0.4) is 0 Å². The summed E-state index contributed by atoms with van der Waals surface area (Å²) in [6, 6.07) is 37.8. The summed E-state index contributed by atoms with van der Waals surface area (Å²) >= 11 is -3.37. The molecule has 2 heteroatoms. The van der Waals surface area contributed by atoms with Crippen LogP contribution in [-0.4, -0.2) is 18.4 Å². The first-order valence-corrected chi connectivity index (χ1v) is 14.6. The summed E-state index contributed by atoms with van der Waals surface area (Å²) < 4.78 is 8.07. The van der Waals surface area contributed by atoms with Gasteiger partial charge in [0, 0.05) is 0 Å². The summed E-state index contributed by atoms with van der Waals surface area (Å²) in [5, 5.41) is 0. The van der Waals surface area contributed by atoms with Gasteiger partial charge in [-0.2, -0.15) is 0 Å². The molecule has 126 valence electrons. The van der Waals surface area contributed by atoms with Gasteiger partial charge >= 0.3 is 160 Å². The van der Waals surface area contributed by atoms with Crippen molar-refractivity contribution in [1.29, 1.82) is 0 Å². The molecule has 0 radical (unpaired) electrons. The van der Waals surface area contributed by atoms with E-state index in [0.29, 0.717) is 0 Å². The molecular formula is C24H22NSn+. The van der Waals surface area contributed by atoms with Gasteiger partial charge in [0.1, 0.15) is 0 Å². The van der Waals surface area contributed by atoms with Crippen molar-refractivity contribution >= 4 is 32.7 Å². The zero-order chi connectivity index (χ0) is 17.8. The van der Waals surface area contributed by atoms with Crippen LogP contribution < -0.4 is 18.9 Å². The zero-order valence-electron chi connectivity index (χ0n) is 14.9. The first kappa shape index (κ1) is 17.0. The van der Waals surface area contributed by atoms with E-state index in [0.717, 1.165) is 0 Å². The van der Waals surface area contributed by atoms with Gasteiger partial charge in [0.25, 0.3) is 0 Å². The Labute approximate surface area is 159 Å². The fraction of sp³-hybridized carbons (Fsp3) is 0.0417. The molecule has 0 unspecified atom stereocenters. The minimum absolute atomic E-state index is 1.47. The summed E-state index contributed by atoms with van der Waals surface area (Å²) in [6.45, 7) is 0. The van der Waals surface area contributed by atoms with E-state index in [2.05, 4.69) is 127 Å². The summed E-state index contributed by atoms with van der Waals surface area (Å²) in [7, 11) is 2.11. The van der Waals surface area contributed by atoms with Gasteiger partial charge in [-0.3, -0.25) is 0 Å². The van der Waals surface area contributed by atoms with Crippen molar-refractivity contribution < 1.29 is 4.57 Å². The fourth-order valence-electron chi connectivity index (χ4n) is 3.87. The molecule has 0 spiro atoms. The zero-order valence-corrected chi connectivity index (χ0v) is 17.8.